The summed E-state index contributed by atoms with van der Waals surface area (Å²) in [4.78, 5) is 0. The standard InChI is InChI=1S/C19H15FN4/c1-14-6-8-15(9-7-14)21-22-16-10-12-17(13-11-16)23-24-19-5-3-2-4-18(19)20/h2-13H,1H3/b22-21-,24-23-. The third-order valence-corrected chi connectivity index (χ3v) is 3.29. The van der Waals surface area contributed by atoms with Crippen LogP contribution in [0.2, 0.25) is 0 Å². The average molecular weight is 318 g/mol. The Balaban J connectivity index is 1.69. The summed E-state index contributed by atoms with van der Waals surface area (Å²) < 4.78 is 13.5. The van der Waals surface area contributed by atoms with E-state index >= 15 is 0 Å². The van der Waals surface area contributed by atoms with E-state index in [4.69, 9.17) is 0 Å². The van der Waals surface area contributed by atoms with Crippen molar-refractivity contribution < 1.29 is 4.39 Å². The van der Waals surface area contributed by atoms with E-state index in [1.807, 2.05) is 31.2 Å². The maximum atomic E-state index is 13.5. The molecule has 4 nitrogen and oxygen atoms in total. The van der Waals surface area contributed by atoms with Gasteiger partial charge in [0.2, 0.25) is 0 Å². The predicted octanol–water partition coefficient (Wildman–Crippen LogP) is 6.96. The maximum Gasteiger partial charge on any atom is 0.150 e. The lowest BCUT2D eigenvalue weighted by Crippen LogP contribution is -1.72. The molecule has 0 bridgehead atoms. The van der Waals surface area contributed by atoms with Crippen molar-refractivity contribution >= 4 is 22.7 Å². The Morgan fingerprint density at radius 2 is 1.04 bits per heavy atom. The molecule has 0 spiro atoms. The first-order chi connectivity index (χ1) is 11.7. The van der Waals surface area contributed by atoms with Gasteiger partial charge in [-0.15, -0.1) is 5.11 Å². The number of aryl methyl sites for hydroxylation is 1. The van der Waals surface area contributed by atoms with Gasteiger partial charge in [0, 0.05) is 0 Å². The largest absolute Gasteiger partial charge is 0.205 e. The van der Waals surface area contributed by atoms with Crippen molar-refractivity contribution in [1.82, 2.24) is 0 Å². The zero-order chi connectivity index (χ0) is 16.8. The van der Waals surface area contributed by atoms with Crippen molar-refractivity contribution in [2.24, 2.45) is 20.5 Å². The number of hydrogen-bond donors (Lipinski definition) is 0. The van der Waals surface area contributed by atoms with Crippen LogP contribution in [0.1, 0.15) is 5.56 Å². The Kier molecular flexibility index (Phi) is 4.81. The fourth-order valence-corrected chi connectivity index (χ4v) is 1.96. The number of azo groups is 2. The molecule has 0 amide bonds. The van der Waals surface area contributed by atoms with Gasteiger partial charge in [-0.25, -0.2) is 4.39 Å². The molecule has 118 valence electrons. The molecule has 0 radical (unpaired) electrons. The lowest BCUT2D eigenvalue weighted by atomic mass is 10.2. The van der Waals surface area contributed by atoms with Gasteiger partial charge in [0.1, 0.15) is 5.69 Å². The minimum absolute atomic E-state index is 0.209. The van der Waals surface area contributed by atoms with Crippen LogP contribution in [0.4, 0.5) is 27.1 Å². The van der Waals surface area contributed by atoms with Gasteiger partial charge in [-0.2, -0.15) is 15.3 Å². The quantitative estimate of drug-likeness (QED) is 0.467. The zero-order valence-electron chi connectivity index (χ0n) is 13.1. The molecule has 0 saturated carbocycles. The number of benzene rings is 3. The molecule has 0 aliphatic heterocycles. The molecule has 0 saturated heterocycles. The number of hydrogen-bond acceptors (Lipinski definition) is 4. The van der Waals surface area contributed by atoms with Crippen molar-refractivity contribution in [3.63, 3.8) is 0 Å². The van der Waals surface area contributed by atoms with Crippen LogP contribution in [-0.2, 0) is 0 Å². The summed E-state index contributed by atoms with van der Waals surface area (Å²) in [6.07, 6.45) is 0. The van der Waals surface area contributed by atoms with E-state index in [0.717, 1.165) is 5.69 Å². The Morgan fingerprint density at radius 3 is 1.58 bits per heavy atom. The van der Waals surface area contributed by atoms with Crippen molar-refractivity contribution in [3.8, 4) is 0 Å². The number of nitrogens with zero attached hydrogens (tertiary/aromatic N) is 4. The van der Waals surface area contributed by atoms with E-state index < -0.39 is 5.82 Å². The van der Waals surface area contributed by atoms with Gasteiger partial charge in [0.05, 0.1) is 17.1 Å². The van der Waals surface area contributed by atoms with Crippen LogP contribution in [0.3, 0.4) is 0 Å². The fourth-order valence-electron chi connectivity index (χ4n) is 1.96. The topological polar surface area (TPSA) is 49.4 Å². The van der Waals surface area contributed by atoms with Gasteiger partial charge in [-0.3, -0.25) is 0 Å². The molecule has 0 atom stereocenters. The second-order valence-corrected chi connectivity index (χ2v) is 5.20. The second kappa shape index (κ2) is 7.37. The molecule has 3 aromatic carbocycles. The van der Waals surface area contributed by atoms with Gasteiger partial charge in [-0.05, 0) is 55.5 Å². The normalized spacial score (nSPS) is 11.4. The highest BCUT2D eigenvalue weighted by Gasteiger charge is 1.98. The Hall–Kier alpha value is -3.21. The van der Waals surface area contributed by atoms with Crippen LogP contribution in [0.15, 0.2) is 93.3 Å². The lowest BCUT2D eigenvalue weighted by Gasteiger charge is -1.96. The van der Waals surface area contributed by atoms with Gasteiger partial charge in [0.25, 0.3) is 0 Å². The monoisotopic (exact) mass is 318 g/mol. The molecule has 0 aliphatic rings. The average Bonchev–Trinajstić information content (AvgIpc) is 2.61. The summed E-state index contributed by atoms with van der Waals surface area (Å²) in [5, 5.41) is 16.3. The SMILES string of the molecule is Cc1ccc(/N=N\c2ccc(/N=N\c3ccccc3F)cc2)cc1. The van der Waals surface area contributed by atoms with Gasteiger partial charge < -0.3 is 0 Å². The van der Waals surface area contributed by atoms with E-state index in [1.54, 1.807) is 42.5 Å². The minimum atomic E-state index is -0.398. The Morgan fingerprint density at radius 1 is 0.583 bits per heavy atom. The highest BCUT2D eigenvalue weighted by atomic mass is 19.1. The molecule has 0 aromatic heterocycles. The summed E-state index contributed by atoms with van der Waals surface area (Å²) in [7, 11) is 0. The summed E-state index contributed by atoms with van der Waals surface area (Å²) in [6, 6.07) is 21.1. The summed E-state index contributed by atoms with van der Waals surface area (Å²) >= 11 is 0. The zero-order valence-corrected chi connectivity index (χ0v) is 13.1. The Labute approximate surface area is 139 Å². The molecule has 5 heteroatoms. The highest BCUT2D eigenvalue weighted by molar-refractivity contribution is 5.48. The molecule has 0 heterocycles. The molecule has 3 rings (SSSR count). The molecule has 24 heavy (non-hydrogen) atoms. The second-order valence-electron chi connectivity index (χ2n) is 5.20. The van der Waals surface area contributed by atoms with Crippen molar-refractivity contribution in [2.45, 2.75) is 6.92 Å². The number of halogens is 1. The molecule has 0 aliphatic carbocycles. The van der Waals surface area contributed by atoms with Crippen LogP contribution in [-0.4, -0.2) is 0 Å². The van der Waals surface area contributed by atoms with Gasteiger partial charge in [0.15, 0.2) is 5.82 Å². The van der Waals surface area contributed by atoms with E-state index in [2.05, 4.69) is 20.5 Å². The Bertz CT molecular complexity index is 869. The smallest absolute Gasteiger partial charge is 0.150 e. The summed E-state index contributed by atoms with van der Waals surface area (Å²) in [5.41, 5.74) is 3.51. The van der Waals surface area contributed by atoms with E-state index in [1.165, 1.54) is 11.6 Å². The first-order valence-corrected chi connectivity index (χ1v) is 7.45. The molecule has 0 fully saturated rings. The first-order valence-electron chi connectivity index (χ1n) is 7.45. The lowest BCUT2D eigenvalue weighted by molar-refractivity contribution is 0.628. The van der Waals surface area contributed by atoms with Crippen LogP contribution < -0.4 is 0 Å². The molecular formula is C19H15FN4. The highest BCUT2D eigenvalue weighted by Crippen LogP contribution is 2.24. The summed E-state index contributed by atoms with van der Waals surface area (Å²) in [6.45, 7) is 2.02. The van der Waals surface area contributed by atoms with Crippen molar-refractivity contribution in [3.05, 3.63) is 84.2 Å². The van der Waals surface area contributed by atoms with Crippen LogP contribution in [0.5, 0.6) is 0 Å². The number of rotatable bonds is 4. The van der Waals surface area contributed by atoms with E-state index in [-0.39, 0.29) is 5.69 Å². The molecule has 0 N–H and O–H groups in total. The predicted molar refractivity (Wildman–Crippen MR) is 92.4 cm³/mol. The molecule has 0 unspecified atom stereocenters. The van der Waals surface area contributed by atoms with Crippen LogP contribution in [0, 0.1) is 12.7 Å². The van der Waals surface area contributed by atoms with E-state index in [0.29, 0.717) is 11.4 Å². The van der Waals surface area contributed by atoms with Crippen LogP contribution >= 0.6 is 0 Å². The molecule has 3 aromatic rings. The fraction of sp³-hybridized carbons (Fsp3) is 0.0526. The minimum Gasteiger partial charge on any atom is -0.205 e. The third kappa shape index (κ3) is 4.16. The third-order valence-electron chi connectivity index (χ3n) is 3.29. The molecular weight excluding hydrogens is 303 g/mol. The van der Waals surface area contributed by atoms with Crippen molar-refractivity contribution in [2.75, 3.05) is 0 Å². The van der Waals surface area contributed by atoms with Crippen molar-refractivity contribution in [1.29, 1.82) is 0 Å². The van der Waals surface area contributed by atoms with Crippen LogP contribution in [0.25, 0.3) is 0 Å². The summed E-state index contributed by atoms with van der Waals surface area (Å²) in [5.74, 6) is -0.398. The first kappa shape index (κ1) is 15.7. The maximum absolute atomic E-state index is 13.5. The van der Waals surface area contributed by atoms with Gasteiger partial charge in [-0.1, -0.05) is 29.8 Å². The van der Waals surface area contributed by atoms with E-state index in [9.17, 15) is 4.39 Å². The van der Waals surface area contributed by atoms with Gasteiger partial charge >= 0.3 is 0 Å².